The second-order valence-electron chi connectivity index (χ2n) is 4.16. The van der Waals surface area contributed by atoms with Gasteiger partial charge in [-0.05, 0) is 48.4 Å². The first-order valence-electron chi connectivity index (χ1n) is 5.53. The van der Waals surface area contributed by atoms with E-state index in [2.05, 4.69) is 32.2 Å². The maximum absolute atomic E-state index is 6.05. The number of likely N-dealkylation sites (tertiary alicyclic amines) is 1. The molecule has 1 saturated heterocycles. The van der Waals surface area contributed by atoms with Crippen LogP contribution in [-0.4, -0.2) is 31.1 Å². The summed E-state index contributed by atoms with van der Waals surface area (Å²) in [6.07, 6.45) is 2.62. The first kappa shape index (κ1) is 12.8. The van der Waals surface area contributed by atoms with Crippen molar-refractivity contribution >= 4 is 38.9 Å². The van der Waals surface area contributed by atoms with Gasteiger partial charge in [-0.25, -0.2) is 0 Å². The summed E-state index contributed by atoms with van der Waals surface area (Å²) in [4.78, 5) is 3.89. The van der Waals surface area contributed by atoms with E-state index in [-0.39, 0.29) is 0 Å². The number of hydrogen-bond acceptors (Lipinski definition) is 3. The van der Waals surface area contributed by atoms with Crippen LogP contribution in [0, 0.1) is 0 Å². The molecule has 0 saturated carbocycles. The Bertz CT molecular complexity index is 336. The second-order valence-corrected chi connectivity index (χ2v) is 6.75. The highest BCUT2D eigenvalue weighted by molar-refractivity contribution is 9.10. The minimum Gasteiger partial charge on any atom is -0.318 e. The Morgan fingerprint density at radius 3 is 3.12 bits per heavy atom. The Morgan fingerprint density at radius 2 is 2.50 bits per heavy atom. The minimum absolute atomic E-state index is 0.685. The minimum atomic E-state index is 0.685. The van der Waals surface area contributed by atoms with Crippen LogP contribution in [0.5, 0.6) is 0 Å². The van der Waals surface area contributed by atoms with Crippen LogP contribution in [0.3, 0.4) is 0 Å². The van der Waals surface area contributed by atoms with Gasteiger partial charge in [-0.3, -0.25) is 4.90 Å². The quantitative estimate of drug-likeness (QED) is 0.914. The summed E-state index contributed by atoms with van der Waals surface area (Å²) < 4.78 is 1.89. The number of thiophene rings is 1. The lowest BCUT2D eigenvalue weighted by Crippen LogP contribution is -2.36. The van der Waals surface area contributed by atoms with Crippen LogP contribution in [0.1, 0.15) is 17.7 Å². The summed E-state index contributed by atoms with van der Waals surface area (Å²) >= 11 is 11.2. The lowest BCUT2D eigenvalue weighted by atomic mass is 10.2. The molecule has 1 aromatic heterocycles. The van der Waals surface area contributed by atoms with Gasteiger partial charge in [-0.1, -0.05) is 11.6 Å². The van der Waals surface area contributed by atoms with Crippen LogP contribution >= 0.6 is 38.9 Å². The lowest BCUT2D eigenvalue weighted by molar-refractivity contribution is 0.244. The Balaban J connectivity index is 1.98. The molecular formula is C11H16BrClN2S. The van der Waals surface area contributed by atoms with Crippen LogP contribution < -0.4 is 5.32 Å². The number of nitrogens with zero attached hydrogens (tertiary/aromatic N) is 1. The summed E-state index contributed by atoms with van der Waals surface area (Å²) in [7, 11) is 2.02. The van der Waals surface area contributed by atoms with Crippen molar-refractivity contribution in [1.82, 2.24) is 10.2 Å². The largest absolute Gasteiger partial charge is 0.318 e. The van der Waals surface area contributed by atoms with E-state index in [9.17, 15) is 0 Å². The summed E-state index contributed by atoms with van der Waals surface area (Å²) in [5.74, 6) is 0. The molecule has 0 radical (unpaired) electrons. The van der Waals surface area contributed by atoms with Gasteiger partial charge in [0.1, 0.15) is 4.34 Å². The molecule has 90 valence electrons. The van der Waals surface area contributed by atoms with Gasteiger partial charge in [0.25, 0.3) is 0 Å². The molecule has 5 heteroatoms. The molecule has 2 nitrogen and oxygen atoms in total. The molecule has 0 aliphatic carbocycles. The normalized spacial score (nSPS) is 21.8. The van der Waals surface area contributed by atoms with Gasteiger partial charge in [0.05, 0.1) is 0 Å². The topological polar surface area (TPSA) is 15.3 Å². The van der Waals surface area contributed by atoms with E-state index < -0.39 is 0 Å². The molecule has 0 spiro atoms. The molecule has 1 fully saturated rings. The number of halogens is 2. The average molecular weight is 324 g/mol. The van der Waals surface area contributed by atoms with E-state index in [1.165, 1.54) is 24.3 Å². The molecule has 1 N–H and O–H groups in total. The van der Waals surface area contributed by atoms with Crippen molar-refractivity contribution in [3.8, 4) is 0 Å². The van der Waals surface area contributed by atoms with Crippen molar-refractivity contribution in [2.75, 3.05) is 20.1 Å². The third kappa shape index (κ3) is 2.99. The molecule has 16 heavy (non-hydrogen) atoms. The van der Waals surface area contributed by atoms with Crippen LogP contribution in [0.2, 0.25) is 4.34 Å². The molecule has 0 amide bonds. The lowest BCUT2D eigenvalue weighted by Gasteiger charge is -2.23. The molecule has 1 atom stereocenters. The maximum atomic E-state index is 6.05. The summed E-state index contributed by atoms with van der Waals surface area (Å²) in [5, 5.41) is 3.27. The summed E-state index contributed by atoms with van der Waals surface area (Å²) in [5.41, 5.74) is 0. The van der Waals surface area contributed by atoms with Crippen LogP contribution in [0.15, 0.2) is 10.5 Å². The molecule has 2 heterocycles. The van der Waals surface area contributed by atoms with Gasteiger partial charge in [0.2, 0.25) is 0 Å². The molecule has 0 bridgehead atoms. The zero-order valence-electron chi connectivity index (χ0n) is 9.30. The fourth-order valence-corrected chi connectivity index (χ4v) is 4.06. The van der Waals surface area contributed by atoms with E-state index in [4.69, 9.17) is 11.6 Å². The molecular weight excluding hydrogens is 308 g/mol. The van der Waals surface area contributed by atoms with E-state index in [0.29, 0.717) is 6.04 Å². The van der Waals surface area contributed by atoms with Crippen molar-refractivity contribution < 1.29 is 0 Å². The van der Waals surface area contributed by atoms with Crippen LogP contribution in [0.4, 0.5) is 0 Å². The molecule has 1 aliphatic rings. The second kappa shape index (κ2) is 5.83. The first-order valence-corrected chi connectivity index (χ1v) is 7.52. The number of rotatable bonds is 4. The Hall–Kier alpha value is 0.390. The van der Waals surface area contributed by atoms with Gasteiger partial charge in [-0.2, -0.15) is 0 Å². The zero-order chi connectivity index (χ0) is 11.5. The van der Waals surface area contributed by atoms with Gasteiger partial charge >= 0.3 is 0 Å². The fourth-order valence-electron chi connectivity index (χ4n) is 2.24. The summed E-state index contributed by atoms with van der Waals surface area (Å²) in [6, 6.07) is 2.83. The van der Waals surface area contributed by atoms with E-state index in [0.717, 1.165) is 21.9 Å². The van der Waals surface area contributed by atoms with Crippen molar-refractivity contribution in [2.24, 2.45) is 0 Å². The number of hydrogen-bond donors (Lipinski definition) is 1. The zero-order valence-corrected chi connectivity index (χ0v) is 12.5. The van der Waals surface area contributed by atoms with Crippen LogP contribution in [-0.2, 0) is 6.54 Å². The Morgan fingerprint density at radius 1 is 1.69 bits per heavy atom. The monoisotopic (exact) mass is 322 g/mol. The SMILES string of the molecule is CNCC1CCCN1Cc1cc(Br)c(Cl)s1. The van der Waals surface area contributed by atoms with Crippen molar-refractivity contribution in [3.63, 3.8) is 0 Å². The predicted octanol–water partition coefficient (Wildman–Crippen LogP) is 3.35. The highest BCUT2D eigenvalue weighted by atomic mass is 79.9. The molecule has 2 rings (SSSR count). The molecule has 1 unspecified atom stereocenters. The van der Waals surface area contributed by atoms with Gasteiger partial charge in [-0.15, -0.1) is 11.3 Å². The Labute approximate surface area is 114 Å². The van der Waals surface area contributed by atoms with Crippen molar-refractivity contribution in [1.29, 1.82) is 0 Å². The third-order valence-corrected chi connectivity index (χ3v) is 5.45. The van der Waals surface area contributed by atoms with Crippen molar-refractivity contribution in [3.05, 3.63) is 19.8 Å². The average Bonchev–Trinajstić information content (AvgIpc) is 2.77. The van der Waals surface area contributed by atoms with Gasteiger partial charge < -0.3 is 5.32 Å². The standard InChI is InChI=1S/C11H16BrClN2S/c1-14-6-8-3-2-4-15(8)7-9-5-10(12)11(13)16-9/h5,8,14H,2-4,6-7H2,1H3. The highest BCUT2D eigenvalue weighted by Gasteiger charge is 2.24. The van der Waals surface area contributed by atoms with Crippen molar-refractivity contribution in [2.45, 2.75) is 25.4 Å². The van der Waals surface area contributed by atoms with E-state index in [1.54, 1.807) is 11.3 Å². The molecule has 1 aromatic rings. The highest BCUT2D eigenvalue weighted by Crippen LogP contribution is 2.33. The maximum Gasteiger partial charge on any atom is 0.107 e. The molecule has 0 aromatic carbocycles. The number of nitrogens with one attached hydrogen (secondary N) is 1. The smallest absolute Gasteiger partial charge is 0.107 e. The third-order valence-electron chi connectivity index (χ3n) is 2.99. The molecule has 1 aliphatic heterocycles. The van der Waals surface area contributed by atoms with E-state index >= 15 is 0 Å². The van der Waals surface area contributed by atoms with Gasteiger partial charge in [0, 0.05) is 28.5 Å². The Kier molecular flexibility index (Phi) is 4.67. The van der Waals surface area contributed by atoms with Crippen LogP contribution in [0.25, 0.3) is 0 Å². The fraction of sp³-hybridized carbons (Fsp3) is 0.636. The first-order chi connectivity index (χ1) is 7.70. The summed E-state index contributed by atoms with van der Waals surface area (Å²) in [6.45, 7) is 3.32. The predicted molar refractivity (Wildman–Crippen MR) is 74.4 cm³/mol. The number of likely N-dealkylation sites (N-methyl/N-ethyl adjacent to an activating group) is 1. The van der Waals surface area contributed by atoms with Gasteiger partial charge in [0.15, 0.2) is 0 Å². The van der Waals surface area contributed by atoms with E-state index in [1.807, 2.05) is 7.05 Å².